The van der Waals surface area contributed by atoms with Gasteiger partial charge in [-0.05, 0) is 31.1 Å². The number of carbonyl (C=O) groups is 1. The Morgan fingerprint density at radius 3 is 2.19 bits per heavy atom. The van der Waals surface area contributed by atoms with Crippen LogP contribution < -0.4 is 0 Å². The molecule has 0 aliphatic heterocycles. The Morgan fingerprint density at radius 1 is 1.06 bits per heavy atom. The maximum Gasteiger partial charge on any atom is 0.123 e. The summed E-state index contributed by atoms with van der Waals surface area (Å²) in [5, 5.41) is 0. The van der Waals surface area contributed by atoms with Gasteiger partial charge in [-0.15, -0.1) is 0 Å². The van der Waals surface area contributed by atoms with Crippen molar-refractivity contribution in [3.05, 3.63) is 0 Å². The molecule has 0 aromatic heterocycles. The number of carbonyl (C=O) groups excluding carboxylic acids is 1. The van der Waals surface area contributed by atoms with E-state index in [0.29, 0.717) is 11.3 Å². The van der Waals surface area contributed by atoms with Crippen LogP contribution in [0, 0.1) is 11.3 Å². The quantitative estimate of drug-likeness (QED) is 0.619. The molecule has 0 N–H and O–H groups in total. The molecule has 0 radical (unpaired) electrons. The van der Waals surface area contributed by atoms with Crippen LogP contribution in [0.15, 0.2) is 0 Å². The van der Waals surface area contributed by atoms with Crippen LogP contribution in [0.4, 0.5) is 0 Å². The second-order valence-electron chi connectivity index (χ2n) is 5.91. The monoisotopic (exact) mass is 224 g/mol. The first kappa shape index (κ1) is 13.7. The fourth-order valence-corrected chi connectivity index (χ4v) is 2.85. The molecule has 0 saturated heterocycles. The molecule has 2 unspecified atom stereocenters. The summed E-state index contributed by atoms with van der Waals surface area (Å²) in [6.07, 6.45) is 14.0. The highest BCUT2D eigenvalue weighted by Crippen LogP contribution is 2.35. The zero-order chi connectivity index (χ0) is 11.9. The molecule has 1 rings (SSSR count). The minimum atomic E-state index is 0.353. The average Bonchev–Trinajstić information content (AvgIpc) is 2.34. The van der Waals surface area contributed by atoms with Gasteiger partial charge in [0.25, 0.3) is 0 Å². The van der Waals surface area contributed by atoms with Gasteiger partial charge in [0.1, 0.15) is 6.29 Å². The Morgan fingerprint density at radius 2 is 1.62 bits per heavy atom. The molecule has 0 aromatic rings. The van der Waals surface area contributed by atoms with Crippen molar-refractivity contribution in [2.24, 2.45) is 11.3 Å². The third-order valence-electron chi connectivity index (χ3n) is 4.51. The van der Waals surface area contributed by atoms with Crippen molar-refractivity contribution in [3.63, 3.8) is 0 Å². The smallest absolute Gasteiger partial charge is 0.123 e. The molecule has 94 valence electrons. The normalized spacial score (nSPS) is 34.0. The Bertz CT molecular complexity index is 200. The van der Waals surface area contributed by atoms with Crippen LogP contribution in [0.25, 0.3) is 0 Å². The molecule has 0 spiro atoms. The fraction of sp³-hybridized carbons (Fsp3) is 0.933. The van der Waals surface area contributed by atoms with E-state index < -0.39 is 0 Å². The maximum absolute atomic E-state index is 10.9. The van der Waals surface area contributed by atoms with Gasteiger partial charge in [-0.2, -0.15) is 0 Å². The SMILES string of the molecule is CCC1(C)CCCCCC(C=O)CCCC1. The number of rotatable bonds is 2. The lowest BCUT2D eigenvalue weighted by Gasteiger charge is -2.28. The third kappa shape index (κ3) is 4.67. The Kier molecular flexibility index (Phi) is 6.08. The van der Waals surface area contributed by atoms with Gasteiger partial charge in [0.15, 0.2) is 0 Å². The second kappa shape index (κ2) is 7.09. The summed E-state index contributed by atoms with van der Waals surface area (Å²) >= 11 is 0. The molecule has 0 bridgehead atoms. The topological polar surface area (TPSA) is 17.1 Å². The van der Waals surface area contributed by atoms with Gasteiger partial charge in [0, 0.05) is 5.92 Å². The highest BCUT2D eigenvalue weighted by molar-refractivity contribution is 5.53. The zero-order valence-electron chi connectivity index (χ0n) is 11.1. The van der Waals surface area contributed by atoms with Crippen molar-refractivity contribution < 1.29 is 4.79 Å². The van der Waals surface area contributed by atoms with E-state index >= 15 is 0 Å². The molecule has 1 fully saturated rings. The van der Waals surface area contributed by atoms with Crippen molar-refractivity contribution in [2.45, 2.75) is 78.1 Å². The van der Waals surface area contributed by atoms with Crippen LogP contribution in [0.2, 0.25) is 0 Å². The van der Waals surface area contributed by atoms with Gasteiger partial charge in [0.05, 0.1) is 0 Å². The first-order valence-corrected chi connectivity index (χ1v) is 7.15. The minimum Gasteiger partial charge on any atom is -0.303 e. The minimum absolute atomic E-state index is 0.353. The maximum atomic E-state index is 10.9. The van der Waals surface area contributed by atoms with Crippen LogP contribution >= 0.6 is 0 Å². The molecule has 16 heavy (non-hydrogen) atoms. The first-order valence-electron chi connectivity index (χ1n) is 7.15. The number of hydrogen-bond acceptors (Lipinski definition) is 1. The van der Waals surface area contributed by atoms with Gasteiger partial charge in [-0.3, -0.25) is 0 Å². The summed E-state index contributed by atoms with van der Waals surface area (Å²) in [5.74, 6) is 0.353. The van der Waals surface area contributed by atoms with E-state index in [2.05, 4.69) is 13.8 Å². The van der Waals surface area contributed by atoms with Crippen molar-refractivity contribution in [3.8, 4) is 0 Å². The molecular weight excluding hydrogens is 196 g/mol. The molecule has 0 heterocycles. The van der Waals surface area contributed by atoms with Crippen LogP contribution in [-0.2, 0) is 4.79 Å². The van der Waals surface area contributed by atoms with Crippen LogP contribution in [0.5, 0.6) is 0 Å². The predicted octanol–water partition coefficient (Wildman–Crippen LogP) is 4.74. The lowest BCUT2D eigenvalue weighted by Crippen LogP contribution is -2.14. The summed E-state index contributed by atoms with van der Waals surface area (Å²) in [6.45, 7) is 4.77. The van der Waals surface area contributed by atoms with Crippen molar-refractivity contribution in [1.29, 1.82) is 0 Å². The Hall–Kier alpha value is -0.330. The highest BCUT2D eigenvalue weighted by atomic mass is 16.1. The van der Waals surface area contributed by atoms with E-state index in [-0.39, 0.29) is 0 Å². The van der Waals surface area contributed by atoms with E-state index in [0.717, 1.165) is 12.8 Å². The lowest BCUT2D eigenvalue weighted by atomic mass is 9.78. The molecule has 1 aliphatic carbocycles. The number of hydrogen-bond donors (Lipinski definition) is 0. The molecule has 0 amide bonds. The van der Waals surface area contributed by atoms with Crippen LogP contribution in [0.1, 0.15) is 78.1 Å². The van der Waals surface area contributed by atoms with Gasteiger partial charge in [0.2, 0.25) is 0 Å². The van der Waals surface area contributed by atoms with Gasteiger partial charge in [-0.1, -0.05) is 52.4 Å². The lowest BCUT2D eigenvalue weighted by molar-refractivity contribution is -0.111. The molecule has 1 nitrogen and oxygen atoms in total. The summed E-state index contributed by atoms with van der Waals surface area (Å²) < 4.78 is 0. The van der Waals surface area contributed by atoms with Gasteiger partial charge < -0.3 is 4.79 Å². The van der Waals surface area contributed by atoms with Gasteiger partial charge in [-0.25, -0.2) is 0 Å². The summed E-state index contributed by atoms with van der Waals surface area (Å²) in [5.41, 5.74) is 0.570. The van der Waals surface area contributed by atoms with E-state index in [1.54, 1.807) is 0 Å². The largest absolute Gasteiger partial charge is 0.303 e. The third-order valence-corrected chi connectivity index (χ3v) is 4.51. The van der Waals surface area contributed by atoms with Crippen molar-refractivity contribution in [1.82, 2.24) is 0 Å². The molecule has 0 aromatic carbocycles. The molecule has 1 aliphatic rings. The Balaban J connectivity index is 2.44. The molecule has 1 saturated carbocycles. The summed E-state index contributed by atoms with van der Waals surface area (Å²) in [6, 6.07) is 0. The van der Waals surface area contributed by atoms with Crippen molar-refractivity contribution in [2.75, 3.05) is 0 Å². The van der Waals surface area contributed by atoms with Crippen molar-refractivity contribution >= 4 is 6.29 Å². The molecule has 1 heteroatoms. The summed E-state index contributed by atoms with van der Waals surface area (Å²) in [4.78, 5) is 10.9. The second-order valence-corrected chi connectivity index (χ2v) is 5.91. The van der Waals surface area contributed by atoms with E-state index in [9.17, 15) is 4.79 Å². The van der Waals surface area contributed by atoms with Crippen LogP contribution in [-0.4, -0.2) is 6.29 Å². The zero-order valence-corrected chi connectivity index (χ0v) is 11.1. The van der Waals surface area contributed by atoms with E-state index in [1.165, 1.54) is 57.7 Å². The first-order chi connectivity index (χ1) is 7.70. The average molecular weight is 224 g/mol. The highest BCUT2D eigenvalue weighted by Gasteiger charge is 2.21. The molecule has 2 atom stereocenters. The number of aldehydes is 1. The van der Waals surface area contributed by atoms with Crippen LogP contribution in [0.3, 0.4) is 0 Å². The predicted molar refractivity (Wildman–Crippen MR) is 69.5 cm³/mol. The fourth-order valence-electron chi connectivity index (χ4n) is 2.85. The standard InChI is InChI=1S/C15H28O/c1-3-15(2)11-7-4-5-9-14(13-16)10-6-8-12-15/h13-14H,3-12H2,1-2H3. The Labute approximate surface area is 101 Å². The molecular formula is C15H28O. The van der Waals surface area contributed by atoms with E-state index in [1.807, 2.05) is 0 Å². The summed E-state index contributed by atoms with van der Waals surface area (Å²) in [7, 11) is 0. The van der Waals surface area contributed by atoms with E-state index in [4.69, 9.17) is 0 Å². The van der Waals surface area contributed by atoms with Gasteiger partial charge >= 0.3 is 0 Å².